The lowest BCUT2D eigenvalue weighted by molar-refractivity contribution is 0.0330. The van der Waals surface area contributed by atoms with Crippen LogP contribution in [0.4, 0.5) is 0 Å². The van der Waals surface area contributed by atoms with E-state index in [0.29, 0.717) is 28.2 Å². The van der Waals surface area contributed by atoms with E-state index in [1.165, 1.54) is 4.88 Å². The highest BCUT2D eigenvalue weighted by atomic mass is 35.5. The molecule has 1 aromatic carbocycles. The van der Waals surface area contributed by atoms with Crippen LogP contribution in [0.25, 0.3) is 10.2 Å². The second kappa shape index (κ2) is 7.89. The van der Waals surface area contributed by atoms with Gasteiger partial charge in [0, 0.05) is 24.0 Å². The minimum absolute atomic E-state index is 0.450. The summed E-state index contributed by atoms with van der Waals surface area (Å²) in [4.78, 5) is 14.0. The van der Waals surface area contributed by atoms with Gasteiger partial charge in [0.1, 0.15) is 16.4 Å². The quantitative estimate of drug-likeness (QED) is 0.573. The molecule has 0 aliphatic carbocycles. The van der Waals surface area contributed by atoms with Gasteiger partial charge in [0.15, 0.2) is 0 Å². The minimum atomic E-state index is 0.450. The number of hydrogen-bond donors (Lipinski definition) is 0. The lowest BCUT2D eigenvalue weighted by Gasteiger charge is -2.25. The Kier molecular flexibility index (Phi) is 5.53. The van der Waals surface area contributed by atoms with E-state index in [1.807, 2.05) is 0 Å². The van der Waals surface area contributed by atoms with Crippen molar-refractivity contribution in [3.8, 4) is 11.6 Å². The van der Waals surface area contributed by atoms with E-state index in [9.17, 15) is 0 Å². The number of benzene rings is 1. The molecule has 8 heteroatoms. The fourth-order valence-corrected chi connectivity index (χ4v) is 4.34. The van der Waals surface area contributed by atoms with Gasteiger partial charge < -0.3 is 9.47 Å². The molecule has 0 bridgehead atoms. The van der Waals surface area contributed by atoms with E-state index in [2.05, 4.69) is 18.7 Å². The summed E-state index contributed by atoms with van der Waals surface area (Å²) in [7, 11) is 0. The second-order valence-electron chi connectivity index (χ2n) is 6.47. The van der Waals surface area contributed by atoms with Gasteiger partial charge in [-0.25, -0.2) is 4.98 Å². The molecule has 0 amide bonds. The maximum atomic E-state index is 6.13. The third kappa shape index (κ3) is 4.05. The molecular weight excluding hydrogens is 405 g/mol. The zero-order valence-corrected chi connectivity index (χ0v) is 17.4. The molecule has 0 atom stereocenters. The molecule has 3 heterocycles. The Balaban J connectivity index is 1.72. The smallest absolute Gasteiger partial charge is 0.231 e. The average molecular weight is 424 g/mol. The molecule has 3 aromatic rings. The van der Waals surface area contributed by atoms with Crippen LogP contribution in [0.2, 0.25) is 10.0 Å². The monoisotopic (exact) mass is 423 g/mol. The highest BCUT2D eigenvalue weighted by molar-refractivity contribution is 7.18. The van der Waals surface area contributed by atoms with Gasteiger partial charge >= 0.3 is 0 Å². The molecule has 0 radical (unpaired) electrons. The first-order chi connectivity index (χ1) is 13.0. The Morgan fingerprint density at radius 2 is 1.93 bits per heavy atom. The van der Waals surface area contributed by atoms with Crippen molar-refractivity contribution in [2.75, 3.05) is 26.3 Å². The van der Waals surface area contributed by atoms with Crippen molar-refractivity contribution in [3.05, 3.63) is 44.5 Å². The van der Waals surface area contributed by atoms with Crippen molar-refractivity contribution >= 4 is 44.8 Å². The maximum Gasteiger partial charge on any atom is 0.231 e. The summed E-state index contributed by atoms with van der Waals surface area (Å²) >= 11 is 13.8. The van der Waals surface area contributed by atoms with E-state index in [4.69, 9.17) is 42.6 Å². The number of rotatable bonds is 4. The number of ether oxygens (including phenoxy) is 2. The Morgan fingerprint density at radius 3 is 2.67 bits per heavy atom. The van der Waals surface area contributed by atoms with Crippen molar-refractivity contribution in [1.29, 1.82) is 0 Å². The van der Waals surface area contributed by atoms with Crippen molar-refractivity contribution in [2.45, 2.75) is 20.4 Å². The van der Waals surface area contributed by atoms with Crippen LogP contribution in [0.15, 0.2) is 18.2 Å². The zero-order chi connectivity index (χ0) is 19.0. The first-order valence-electron chi connectivity index (χ1n) is 8.71. The summed E-state index contributed by atoms with van der Waals surface area (Å²) in [5.74, 6) is 1.91. The van der Waals surface area contributed by atoms with Gasteiger partial charge in [0.05, 0.1) is 35.2 Å². The van der Waals surface area contributed by atoms with Crippen LogP contribution < -0.4 is 4.74 Å². The Morgan fingerprint density at radius 1 is 1.15 bits per heavy atom. The van der Waals surface area contributed by atoms with Crippen LogP contribution in [0.5, 0.6) is 11.6 Å². The number of aryl methyl sites for hydroxylation is 2. The summed E-state index contributed by atoms with van der Waals surface area (Å²) in [5, 5.41) is 1.90. The van der Waals surface area contributed by atoms with E-state index in [1.54, 1.807) is 29.5 Å². The second-order valence-corrected chi connectivity index (χ2v) is 8.49. The number of hydrogen-bond acceptors (Lipinski definition) is 6. The van der Waals surface area contributed by atoms with Crippen molar-refractivity contribution in [3.63, 3.8) is 0 Å². The third-order valence-electron chi connectivity index (χ3n) is 4.62. The highest BCUT2D eigenvalue weighted by Crippen LogP contribution is 2.37. The van der Waals surface area contributed by atoms with Crippen LogP contribution >= 0.6 is 34.5 Å². The molecule has 5 nitrogen and oxygen atoms in total. The Hall–Kier alpha value is -1.44. The summed E-state index contributed by atoms with van der Waals surface area (Å²) in [5.41, 5.74) is 1.14. The number of morpholine rings is 1. The molecule has 2 aromatic heterocycles. The maximum absolute atomic E-state index is 6.13. The number of nitrogens with zero attached hydrogens (tertiary/aromatic N) is 3. The van der Waals surface area contributed by atoms with E-state index >= 15 is 0 Å². The van der Waals surface area contributed by atoms with Gasteiger partial charge in [-0.15, -0.1) is 11.3 Å². The van der Waals surface area contributed by atoms with Gasteiger partial charge in [-0.2, -0.15) is 4.98 Å². The minimum Gasteiger partial charge on any atom is -0.438 e. The first kappa shape index (κ1) is 18.9. The largest absolute Gasteiger partial charge is 0.438 e. The standard InChI is InChI=1S/C19H19Cl2N3O2S/c1-11-12(2)27-19-17(11)18(26-13-3-4-14(20)15(21)9-13)22-16(23-19)10-24-5-7-25-8-6-24/h3-4,9H,5-8,10H2,1-2H3. The third-order valence-corrected chi connectivity index (χ3v) is 6.46. The number of halogens is 2. The van der Waals surface area contributed by atoms with Crippen LogP contribution in [0.3, 0.4) is 0 Å². The molecule has 1 saturated heterocycles. The topological polar surface area (TPSA) is 47.5 Å². The van der Waals surface area contributed by atoms with Crippen LogP contribution in [-0.4, -0.2) is 41.2 Å². The van der Waals surface area contributed by atoms with Crippen LogP contribution in [-0.2, 0) is 11.3 Å². The Labute approximate surface area is 171 Å². The molecule has 1 aliphatic heterocycles. The lowest BCUT2D eigenvalue weighted by Crippen LogP contribution is -2.36. The normalized spacial score (nSPS) is 15.4. The number of aromatic nitrogens is 2. The lowest BCUT2D eigenvalue weighted by atomic mass is 10.2. The van der Waals surface area contributed by atoms with Crippen molar-refractivity contribution in [1.82, 2.24) is 14.9 Å². The highest BCUT2D eigenvalue weighted by Gasteiger charge is 2.19. The van der Waals surface area contributed by atoms with Crippen LogP contribution in [0, 0.1) is 13.8 Å². The zero-order valence-electron chi connectivity index (χ0n) is 15.1. The molecule has 4 rings (SSSR count). The molecule has 0 N–H and O–H groups in total. The van der Waals surface area contributed by atoms with Gasteiger partial charge in [0.2, 0.25) is 5.88 Å². The molecular formula is C19H19Cl2N3O2S. The van der Waals surface area contributed by atoms with E-state index in [-0.39, 0.29) is 0 Å². The molecule has 1 aliphatic rings. The SMILES string of the molecule is Cc1sc2nc(CN3CCOCC3)nc(Oc3ccc(Cl)c(Cl)c3)c2c1C. The predicted octanol–water partition coefficient (Wildman–Crippen LogP) is 5.24. The predicted molar refractivity (Wildman–Crippen MR) is 110 cm³/mol. The molecule has 0 saturated carbocycles. The van der Waals surface area contributed by atoms with Gasteiger partial charge in [0.25, 0.3) is 0 Å². The summed E-state index contributed by atoms with van der Waals surface area (Å²) in [6.07, 6.45) is 0. The molecule has 0 spiro atoms. The molecule has 0 unspecified atom stereocenters. The Bertz CT molecular complexity index is 987. The number of thiophene rings is 1. The first-order valence-corrected chi connectivity index (χ1v) is 10.3. The van der Waals surface area contributed by atoms with Crippen molar-refractivity contribution in [2.24, 2.45) is 0 Å². The fourth-order valence-electron chi connectivity index (χ4n) is 3.01. The molecule has 1 fully saturated rings. The average Bonchev–Trinajstić information content (AvgIpc) is 2.93. The summed E-state index contributed by atoms with van der Waals surface area (Å²) < 4.78 is 11.5. The van der Waals surface area contributed by atoms with Crippen LogP contribution in [0.1, 0.15) is 16.3 Å². The molecule has 142 valence electrons. The fraction of sp³-hybridized carbons (Fsp3) is 0.368. The van der Waals surface area contributed by atoms with E-state index < -0.39 is 0 Å². The molecule has 27 heavy (non-hydrogen) atoms. The van der Waals surface area contributed by atoms with E-state index in [0.717, 1.165) is 47.9 Å². The summed E-state index contributed by atoms with van der Waals surface area (Å²) in [6.45, 7) is 8.08. The summed E-state index contributed by atoms with van der Waals surface area (Å²) in [6, 6.07) is 5.21. The van der Waals surface area contributed by atoms with Gasteiger partial charge in [-0.1, -0.05) is 23.2 Å². The van der Waals surface area contributed by atoms with Crippen molar-refractivity contribution < 1.29 is 9.47 Å². The van der Waals surface area contributed by atoms with Gasteiger partial charge in [-0.05, 0) is 31.5 Å². The number of fused-ring (bicyclic) bond motifs is 1. The van der Waals surface area contributed by atoms with Gasteiger partial charge in [-0.3, -0.25) is 4.90 Å².